The molecule has 0 saturated carbocycles. The van der Waals surface area contributed by atoms with Crippen LogP contribution < -0.4 is 5.73 Å². The predicted molar refractivity (Wildman–Crippen MR) is 92.4 cm³/mol. The van der Waals surface area contributed by atoms with Gasteiger partial charge in [0.2, 0.25) is 0 Å². The van der Waals surface area contributed by atoms with E-state index < -0.39 is 9.84 Å². The molecular formula is C14H29N3O2S2. The molecule has 5 nitrogen and oxygen atoms in total. The van der Waals surface area contributed by atoms with Crippen LogP contribution in [0, 0.1) is 0 Å². The molecule has 1 heterocycles. The van der Waals surface area contributed by atoms with Crippen molar-refractivity contribution in [1.29, 1.82) is 0 Å². The van der Waals surface area contributed by atoms with E-state index in [-0.39, 0.29) is 17.0 Å². The van der Waals surface area contributed by atoms with Crippen molar-refractivity contribution >= 4 is 27.0 Å². The van der Waals surface area contributed by atoms with Crippen molar-refractivity contribution in [1.82, 2.24) is 9.80 Å². The first-order valence-corrected chi connectivity index (χ1v) is 9.87. The predicted octanol–water partition coefficient (Wildman–Crippen LogP) is 0.882. The number of piperazine rings is 1. The molecule has 0 amide bonds. The first-order valence-electron chi connectivity index (χ1n) is 7.75. The van der Waals surface area contributed by atoms with E-state index in [0.29, 0.717) is 11.5 Å². The monoisotopic (exact) mass is 335 g/mol. The van der Waals surface area contributed by atoms with E-state index in [9.17, 15) is 8.42 Å². The van der Waals surface area contributed by atoms with Crippen LogP contribution in [0.15, 0.2) is 0 Å². The van der Waals surface area contributed by atoms with Crippen molar-refractivity contribution in [2.75, 3.05) is 38.5 Å². The van der Waals surface area contributed by atoms with Gasteiger partial charge in [0, 0.05) is 32.7 Å². The second-order valence-corrected chi connectivity index (χ2v) is 9.15. The fourth-order valence-electron chi connectivity index (χ4n) is 2.57. The molecule has 2 N–H and O–H groups in total. The summed E-state index contributed by atoms with van der Waals surface area (Å²) in [4.78, 5) is 5.13. The number of rotatable bonds is 8. The van der Waals surface area contributed by atoms with Gasteiger partial charge >= 0.3 is 0 Å². The minimum atomic E-state index is -2.95. The average Bonchev–Trinajstić information content (AvgIpc) is 2.43. The standard InChI is InChI=1S/C14H29N3O2S2/c1-4-5-13(14(15)20)17-8-6-16(7-9-17)10-11-21(18,19)12(2)3/h12-13H,4-11H2,1-3H3,(H2,15,20). The largest absolute Gasteiger partial charge is 0.392 e. The van der Waals surface area contributed by atoms with E-state index in [4.69, 9.17) is 18.0 Å². The molecule has 0 aromatic heterocycles. The van der Waals surface area contributed by atoms with Crippen molar-refractivity contribution in [3.63, 3.8) is 0 Å². The molecule has 1 fully saturated rings. The average molecular weight is 336 g/mol. The molecule has 0 aliphatic carbocycles. The van der Waals surface area contributed by atoms with Gasteiger partial charge in [-0.2, -0.15) is 0 Å². The van der Waals surface area contributed by atoms with Crippen LogP contribution in [0.25, 0.3) is 0 Å². The lowest BCUT2D eigenvalue weighted by atomic mass is 10.1. The van der Waals surface area contributed by atoms with Crippen LogP contribution in [0.4, 0.5) is 0 Å². The van der Waals surface area contributed by atoms with Gasteiger partial charge in [-0.15, -0.1) is 0 Å². The van der Waals surface area contributed by atoms with Crippen LogP contribution in [0.1, 0.15) is 33.6 Å². The number of hydrogen-bond acceptors (Lipinski definition) is 5. The minimum absolute atomic E-state index is 0.187. The molecular weight excluding hydrogens is 306 g/mol. The second kappa shape index (κ2) is 8.41. The molecule has 21 heavy (non-hydrogen) atoms. The molecule has 1 aliphatic rings. The van der Waals surface area contributed by atoms with E-state index in [1.807, 2.05) is 0 Å². The summed E-state index contributed by atoms with van der Waals surface area (Å²) in [6.45, 7) is 9.83. The summed E-state index contributed by atoms with van der Waals surface area (Å²) in [5.41, 5.74) is 5.83. The van der Waals surface area contributed by atoms with Gasteiger partial charge in [-0.25, -0.2) is 8.42 Å². The zero-order valence-electron chi connectivity index (χ0n) is 13.4. The SMILES string of the molecule is CCCC(C(N)=S)N1CCN(CCS(=O)(=O)C(C)C)CC1. The first-order chi connectivity index (χ1) is 9.77. The highest BCUT2D eigenvalue weighted by Crippen LogP contribution is 2.12. The third kappa shape index (κ3) is 5.81. The van der Waals surface area contributed by atoms with Gasteiger partial charge in [0.1, 0.15) is 0 Å². The van der Waals surface area contributed by atoms with Crippen molar-refractivity contribution in [3.8, 4) is 0 Å². The lowest BCUT2D eigenvalue weighted by molar-refractivity contribution is 0.119. The zero-order chi connectivity index (χ0) is 16.0. The molecule has 1 saturated heterocycles. The maximum Gasteiger partial charge on any atom is 0.153 e. The fourth-order valence-corrected chi connectivity index (χ4v) is 3.82. The lowest BCUT2D eigenvalue weighted by Gasteiger charge is -2.39. The zero-order valence-corrected chi connectivity index (χ0v) is 15.0. The Kier molecular flexibility index (Phi) is 7.53. The first kappa shape index (κ1) is 18.8. The van der Waals surface area contributed by atoms with Crippen LogP contribution in [-0.2, 0) is 9.84 Å². The van der Waals surface area contributed by atoms with Crippen LogP contribution >= 0.6 is 12.2 Å². The Labute approximate surface area is 134 Å². The molecule has 7 heteroatoms. The fraction of sp³-hybridized carbons (Fsp3) is 0.929. The normalized spacial score (nSPS) is 19.8. The Balaban J connectivity index is 2.43. The second-order valence-electron chi connectivity index (χ2n) is 6.00. The van der Waals surface area contributed by atoms with Crippen molar-refractivity contribution in [2.45, 2.75) is 44.9 Å². The summed E-state index contributed by atoms with van der Waals surface area (Å²) < 4.78 is 23.7. The van der Waals surface area contributed by atoms with Gasteiger partial charge < -0.3 is 5.73 Å². The molecule has 0 aromatic carbocycles. The van der Waals surface area contributed by atoms with E-state index >= 15 is 0 Å². The van der Waals surface area contributed by atoms with Crippen LogP contribution in [-0.4, -0.2) is 73.0 Å². The maximum absolute atomic E-state index is 11.8. The van der Waals surface area contributed by atoms with Gasteiger partial charge in [0.05, 0.1) is 22.0 Å². The third-order valence-electron chi connectivity index (χ3n) is 4.15. The summed E-state index contributed by atoms with van der Waals surface area (Å²) in [5, 5.41) is -0.290. The number of sulfone groups is 1. The van der Waals surface area contributed by atoms with Crippen molar-refractivity contribution < 1.29 is 8.42 Å². The van der Waals surface area contributed by atoms with Gasteiger partial charge in [-0.1, -0.05) is 25.6 Å². The Morgan fingerprint density at radius 2 is 1.81 bits per heavy atom. The quantitative estimate of drug-likeness (QED) is 0.664. The topological polar surface area (TPSA) is 66.6 Å². The summed E-state index contributed by atoms with van der Waals surface area (Å²) in [5.74, 6) is 0.248. The van der Waals surface area contributed by atoms with Gasteiger partial charge in [0.25, 0.3) is 0 Å². The highest BCUT2D eigenvalue weighted by molar-refractivity contribution is 7.92. The van der Waals surface area contributed by atoms with Gasteiger partial charge in [-0.05, 0) is 20.3 Å². The molecule has 0 bridgehead atoms. The summed E-state index contributed by atoms with van der Waals surface area (Å²) >= 11 is 5.16. The smallest absolute Gasteiger partial charge is 0.153 e. The van der Waals surface area contributed by atoms with E-state index in [1.165, 1.54) is 0 Å². The van der Waals surface area contributed by atoms with E-state index in [2.05, 4.69) is 16.7 Å². The lowest BCUT2D eigenvalue weighted by Crippen LogP contribution is -2.54. The molecule has 1 atom stereocenters. The van der Waals surface area contributed by atoms with Crippen LogP contribution in [0.3, 0.4) is 0 Å². The van der Waals surface area contributed by atoms with Gasteiger partial charge in [-0.3, -0.25) is 9.80 Å². The van der Waals surface area contributed by atoms with Crippen LogP contribution in [0.5, 0.6) is 0 Å². The Bertz CT molecular complexity index is 430. The van der Waals surface area contributed by atoms with E-state index in [0.717, 1.165) is 39.0 Å². The van der Waals surface area contributed by atoms with Crippen molar-refractivity contribution in [2.24, 2.45) is 5.73 Å². The van der Waals surface area contributed by atoms with Gasteiger partial charge in [0.15, 0.2) is 9.84 Å². The molecule has 0 spiro atoms. The highest BCUT2D eigenvalue weighted by Gasteiger charge is 2.26. The Morgan fingerprint density at radius 1 is 1.24 bits per heavy atom. The molecule has 124 valence electrons. The highest BCUT2D eigenvalue weighted by atomic mass is 32.2. The molecule has 1 aliphatic heterocycles. The van der Waals surface area contributed by atoms with Crippen LogP contribution in [0.2, 0.25) is 0 Å². The minimum Gasteiger partial charge on any atom is -0.392 e. The number of nitrogens with two attached hydrogens (primary N) is 1. The molecule has 0 radical (unpaired) electrons. The number of nitrogens with zero attached hydrogens (tertiary/aromatic N) is 2. The molecule has 0 aromatic rings. The summed E-state index contributed by atoms with van der Waals surface area (Å²) in [6.07, 6.45) is 2.06. The summed E-state index contributed by atoms with van der Waals surface area (Å²) in [6, 6.07) is 0.187. The number of hydrogen-bond donors (Lipinski definition) is 1. The Morgan fingerprint density at radius 3 is 2.24 bits per heavy atom. The maximum atomic E-state index is 11.8. The van der Waals surface area contributed by atoms with E-state index in [1.54, 1.807) is 13.8 Å². The van der Waals surface area contributed by atoms with Crippen molar-refractivity contribution in [3.05, 3.63) is 0 Å². The molecule has 1 unspecified atom stereocenters. The summed E-state index contributed by atoms with van der Waals surface area (Å²) in [7, 11) is -2.95. The number of thiocarbonyl (C=S) groups is 1. The third-order valence-corrected chi connectivity index (χ3v) is 6.61. The molecule has 1 rings (SSSR count). The Hall–Kier alpha value is -0.240.